The third-order valence-electron chi connectivity index (χ3n) is 3.17. The van der Waals surface area contributed by atoms with E-state index in [0.717, 1.165) is 28.0 Å². The van der Waals surface area contributed by atoms with Gasteiger partial charge >= 0.3 is 0 Å². The molecule has 0 saturated carbocycles. The van der Waals surface area contributed by atoms with Crippen molar-refractivity contribution in [2.24, 2.45) is 4.99 Å². The average Bonchev–Trinajstić information content (AvgIpc) is 3.21. The number of carbonyl (C=O) groups is 1. The minimum absolute atomic E-state index is 0.375. The zero-order valence-corrected chi connectivity index (χ0v) is 18.2. The fourth-order valence-electron chi connectivity index (χ4n) is 1.99. The number of benzene rings is 2. The number of halogens is 2. The molecule has 3 rings (SSSR count). The van der Waals surface area contributed by atoms with Crippen LogP contribution < -0.4 is 0 Å². The Bertz CT molecular complexity index is 636. The van der Waals surface area contributed by atoms with E-state index in [1.165, 1.54) is 24.8 Å². The number of methoxy groups -OCH3 is 1. The first-order valence-corrected chi connectivity index (χ1v) is 9.72. The fourth-order valence-corrected chi connectivity index (χ4v) is 2.50. The van der Waals surface area contributed by atoms with Crippen molar-refractivity contribution in [1.82, 2.24) is 0 Å². The largest absolute Gasteiger partial charge is 0.471 e. The normalized spacial score (nSPS) is 11.4. The summed E-state index contributed by atoms with van der Waals surface area (Å²) in [4.78, 5) is 13.4. The van der Waals surface area contributed by atoms with Crippen LogP contribution in [0.2, 0.25) is 5.02 Å². The molecule has 0 amide bonds. The van der Waals surface area contributed by atoms with Gasteiger partial charge in [0.15, 0.2) is 0 Å². The molecule has 0 bridgehead atoms. The number of hydrogen-bond acceptors (Lipinski definition) is 3. The van der Waals surface area contributed by atoms with Gasteiger partial charge in [-0.1, -0.05) is 77.3 Å². The molecule has 0 fully saturated rings. The second-order valence-electron chi connectivity index (χ2n) is 5.04. The van der Waals surface area contributed by atoms with E-state index in [-0.39, 0.29) is 0 Å². The molecule has 26 heavy (non-hydrogen) atoms. The van der Waals surface area contributed by atoms with Crippen LogP contribution in [-0.4, -0.2) is 25.8 Å². The van der Waals surface area contributed by atoms with E-state index in [1.807, 2.05) is 50.2 Å². The second kappa shape index (κ2) is 15.6. The maximum atomic E-state index is 8.95. The molecule has 0 unspecified atom stereocenters. The zero-order valence-electron chi connectivity index (χ0n) is 15.8. The van der Waals surface area contributed by atoms with Crippen LogP contribution in [-0.2, 0) is 9.53 Å². The van der Waals surface area contributed by atoms with Gasteiger partial charge in [-0.2, -0.15) is 0 Å². The first kappa shape index (κ1) is 24.4. The van der Waals surface area contributed by atoms with Gasteiger partial charge in [-0.15, -0.1) is 0 Å². The van der Waals surface area contributed by atoms with E-state index in [1.54, 1.807) is 0 Å². The van der Waals surface area contributed by atoms with Crippen molar-refractivity contribution >= 4 is 39.7 Å². The van der Waals surface area contributed by atoms with Gasteiger partial charge in [0.2, 0.25) is 0 Å². The number of nitrogens with zero attached hydrogens (tertiary/aromatic N) is 1. The number of hydrogen-bond donors (Lipinski definition) is 0. The number of carbonyl (C=O) groups excluding carboxylic acids is 1. The minimum Gasteiger partial charge on any atom is -0.471 e. The van der Waals surface area contributed by atoms with Crippen molar-refractivity contribution < 1.29 is 9.53 Å². The first-order chi connectivity index (χ1) is 12.6. The molecule has 1 aliphatic rings. The van der Waals surface area contributed by atoms with Crippen LogP contribution in [0, 0.1) is 6.92 Å². The van der Waals surface area contributed by atoms with Crippen LogP contribution in [0.15, 0.2) is 58.0 Å². The smallest absolute Gasteiger partial charge is 0.292 e. The van der Waals surface area contributed by atoms with Gasteiger partial charge in [-0.05, 0) is 38.0 Å². The number of aliphatic imine (C=N–C) groups is 1. The highest BCUT2D eigenvalue weighted by molar-refractivity contribution is 9.10. The summed E-state index contributed by atoms with van der Waals surface area (Å²) in [6.45, 7) is 7.41. The lowest BCUT2D eigenvalue weighted by atomic mass is 10.1. The third-order valence-corrected chi connectivity index (χ3v) is 4.02. The maximum absolute atomic E-state index is 8.95. The Labute approximate surface area is 170 Å². The van der Waals surface area contributed by atoms with E-state index < -0.39 is 0 Å². The Hall–Kier alpha value is -1.65. The molecular formula is C21H27BrClNO2. The lowest BCUT2D eigenvalue weighted by molar-refractivity contribution is -0.126. The van der Waals surface area contributed by atoms with Gasteiger partial charge < -0.3 is 4.74 Å². The van der Waals surface area contributed by atoms with Gasteiger partial charge in [0.1, 0.15) is 0 Å². The molecule has 0 aliphatic carbocycles. The molecule has 0 N–H and O–H groups in total. The summed E-state index contributed by atoms with van der Waals surface area (Å²) in [6.07, 6.45) is 2.24. The summed E-state index contributed by atoms with van der Waals surface area (Å²) >= 11 is 9.37. The summed E-state index contributed by atoms with van der Waals surface area (Å²) in [7, 11) is 1.31. The molecule has 142 valence electrons. The monoisotopic (exact) mass is 439 g/mol. The molecule has 5 heteroatoms. The number of aryl methyl sites for hydroxylation is 1. The van der Waals surface area contributed by atoms with E-state index in [2.05, 4.69) is 44.7 Å². The van der Waals surface area contributed by atoms with Crippen molar-refractivity contribution in [3.63, 3.8) is 0 Å². The summed E-state index contributed by atoms with van der Waals surface area (Å²) in [5.41, 5.74) is 3.57. The predicted molar refractivity (Wildman–Crippen MR) is 115 cm³/mol. The summed E-state index contributed by atoms with van der Waals surface area (Å²) in [6, 6.07) is 16.1. The second-order valence-corrected chi connectivity index (χ2v) is 6.36. The third kappa shape index (κ3) is 10.4. The van der Waals surface area contributed by atoms with Gasteiger partial charge in [0.05, 0.1) is 7.11 Å². The maximum Gasteiger partial charge on any atom is 0.292 e. The van der Waals surface area contributed by atoms with Crippen molar-refractivity contribution in [3.05, 3.63) is 69.2 Å². The van der Waals surface area contributed by atoms with E-state index in [0.29, 0.717) is 6.47 Å². The van der Waals surface area contributed by atoms with Gasteiger partial charge in [-0.3, -0.25) is 9.79 Å². The lowest BCUT2D eigenvalue weighted by Gasteiger charge is -2.01. The molecule has 1 heterocycles. The van der Waals surface area contributed by atoms with Crippen molar-refractivity contribution in [2.75, 3.05) is 13.7 Å². The van der Waals surface area contributed by atoms with E-state index in [4.69, 9.17) is 16.4 Å². The van der Waals surface area contributed by atoms with Crippen LogP contribution >= 0.6 is 27.5 Å². The number of rotatable bonds is 2. The molecule has 3 nitrogen and oxygen atoms in total. The molecule has 0 spiro atoms. The molecule has 0 aromatic heterocycles. The van der Waals surface area contributed by atoms with Crippen LogP contribution in [0.4, 0.5) is 0 Å². The lowest BCUT2D eigenvalue weighted by Crippen LogP contribution is -1.96. The number of ether oxygens (including phenoxy) is 1. The molecule has 2 aromatic rings. The van der Waals surface area contributed by atoms with Gasteiger partial charge in [0.25, 0.3) is 6.47 Å². The standard InChI is InChI=1S/C10H10ClN.C7H7Br.C2H4O2.C2H6/c11-9-5-2-1-4-8(9)10-6-3-7-12-10;1-6-2-4-7(8)5-3-6;1-4-2-3;1-2/h1-2,4-5H,3,6-7H2;2-5H,1H3;2H,1H3;1-2H3. The van der Waals surface area contributed by atoms with Crippen LogP contribution in [0.1, 0.15) is 37.8 Å². The summed E-state index contributed by atoms with van der Waals surface area (Å²) < 4.78 is 5.00. The quantitative estimate of drug-likeness (QED) is 0.500. The highest BCUT2D eigenvalue weighted by Crippen LogP contribution is 2.20. The molecule has 0 atom stereocenters. The van der Waals surface area contributed by atoms with Gasteiger partial charge in [0, 0.05) is 27.3 Å². The highest BCUT2D eigenvalue weighted by Gasteiger charge is 2.10. The molecule has 2 aromatic carbocycles. The van der Waals surface area contributed by atoms with Crippen molar-refractivity contribution in [3.8, 4) is 0 Å². The zero-order chi connectivity index (χ0) is 19.8. The van der Waals surface area contributed by atoms with Crippen molar-refractivity contribution in [2.45, 2.75) is 33.6 Å². The molecule has 0 saturated heterocycles. The van der Waals surface area contributed by atoms with Crippen LogP contribution in [0.3, 0.4) is 0 Å². The molecular weight excluding hydrogens is 414 g/mol. The topological polar surface area (TPSA) is 38.7 Å². The molecule has 1 aliphatic heterocycles. The average molecular weight is 441 g/mol. The Kier molecular flexibility index (Phi) is 14.6. The fraction of sp³-hybridized carbons (Fsp3) is 0.333. The molecule has 0 radical (unpaired) electrons. The van der Waals surface area contributed by atoms with Crippen molar-refractivity contribution in [1.29, 1.82) is 0 Å². The van der Waals surface area contributed by atoms with E-state index >= 15 is 0 Å². The Morgan fingerprint density at radius 2 is 1.69 bits per heavy atom. The predicted octanol–water partition coefficient (Wildman–Crippen LogP) is 6.50. The van der Waals surface area contributed by atoms with Crippen LogP contribution in [0.5, 0.6) is 0 Å². The SMILES string of the molecule is CC.COC=O.Cc1ccc(Br)cc1.Clc1ccccc1C1=NCCC1. The van der Waals surface area contributed by atoms with E-state index in [9.17, 15) is 0 Å². The first-order valence-electron chi connectivity index (χ1n) is 8.55. The minimum atomic E-state index is 0.375. The van der Waals surface area contributed by atoms with Crippen LogP contribution in [0.25, 0.3) is 0 Å². The Morgan fingerprint density at radius 1 is 1.12 bits per heavy atom. The van der Waals surface area contributed by atoms with Gasteiger partial charge in [-0.25, -0.2) is 0 Å². The summed E-state index contributed by atoms with van der Waals surface area (Å²) in [5, 5.41) is 0.818. The summed E-state index contributed by atoms with van der Waals surface area (Å²) in [5.74, 6) is 0. The Morgan fingerprint density at radius 3 is 2.12 bits per heavy atom. The highest BCUT2D eigenvalue weighted by atomic mass is 79.9. The Balaban J connectivity index is 0.000000388.